The predicted octanol–water partition coefficient (Wildman–Crippen LogP) is 3.60. The van der Waals surface area contributed by atoms with Crippen LogP contribution in [0.15, 0.2) is 53.1 Å². The van der Waals surface area contributed by atoms with Crippen molar-refractivity contribution in [2.45, 2.75) is 0 Å². The normalized spacial score (nSPS) is 10.4. The van der Waals surface area contributed by atoms with E-state index in [0.29, 0.717) is 17.1 Å². The lowest BCUT2D eigenvalue weighted by atomic mass is 10.0. The van der Waals surface area contributed by atoms with Crippen molar-refractivity contribution in [3.05, 3.63) is 54.3 Å². The fraction of sp³-hybridized carbons (Fsp3) is 0.0588. The summed E-state index contributed by atoms with van der Waals surface area (Å²) in [6.45, 7) is 0. The number of nitrogens with zero attached hydrogens (tertiary/aromatic N) is 1. The molecule has 0 saturated carbocycles. The molecule has 3 rings (SSSR count). The van der Waals surface area contributed by atoms with Crippen molar-refractivity contribution in [2.75, 3.05) is 12.8 Å². The van der Waals surface area contributed by atoms with E-state index in [1.807, 2.05) is 36.4 Å². The summed E-state index contributed by atoms with van der Waals surface area (Å²) in [5.41, 5.74) is 8.93. The quantitative estimate of drug-likeness (QED) is 0.720. The number of benzene rings is 1. The van der Waals surface area contributed by atoms with Crippen LogP contribution in [0.25, 0.3) is 22.6 Å². The molecule has 110 valence electrons. The Kier molecular flexibility index (Phi) is 3.62. The zero-order chi connectivity index (χ0) is 15.5. The number of rotatable bonds is 4. The molecule has 0 fully saturated rings. The van der Waals surface area contributed by atoms with Gasteiger partial charge in [0.1, 0.15) is 17.3 Å². The lowest BCUT2D eigenvalue weighted by Gasteiger charge is -2.10. The van der Waals surface area contributed by atoms with Crippen molar-refractivity contribution in [2.24, 2.45) is 0 Å². The van der Waals surface area contributed by atoms with Crippen LogP contribution in [0, 0.1) is 5.41 Å². The minimum absolute atomic E-state index is 0.301. The van der Waals surface area contributed by atoms with E-state index in [0.717, 1.165) is 22.6 Å². The van der Waals surface area contributed by atoms with E-state index in [1.54, 1.807) is 19.4 Å². The van der Waals surface area contributed by atoms with Gasteiger partial charge in [-0.05, 0) is 42.5 Å². The maximum atomic E-state index is 7.55. The molecule has 2 heterocycles. The maximum absolute atomic E-state index is 7.55. The first-order valence-electron chi connectivity index (χ1n) is 6.72. The van der Waals surface area contributed by atoms with E-state index in [1.165, 1.54) is 6.21 Å². The Morgan fingerprint density at radius 3 is 2.59 bits per heavy atom. The molecule has 0 amide bonds. The zero-order valence-corrected chi connectivity index (χ0v) is 12.0. The average molecular weight is 293 g/mol. The fourth-order valence-corrected chi connectivity index (χ4v) is 2.27. The molecular weight excluding hydrogens is 278 g/mol. The number of furan rings is 1. The highest BCUT2D eigenvalue weighted by atomic mass is 16.5. The topological polar surface area (TPSA) is 85.1 Å². The number of nitrogen functional groups attached to an aromatic ring is 1. The van der Waals surface area contributed by atoms with Gasteiger partial charge in [-0.1, -0.05) is 0 Å². The number of hydrogen-bond donors (Lipinski definition) is 2. The second-order valence-corrected chi connectivity index (χ2v) is 4.70. The molecule has 0 aliphatic carbocycles. The van der Waals surface area contributed by atoms with Crippen LogP contribution in [-0.2, 0) is 0 Å². The van der Waals surface area contributed by atoms with E-state index in [-0.39, 0.29) is 0 Å². The number of pyridine rings is 1. The molecule has 0 spiro atoms. The van der Waals surface area contributed by atoms with Crippen molar-refractivity contribution in [3.8, 4) is 28.3 Å². The largest absolute Gasteiger partial charge is 0.497 e. The smallest absolute Gasteiger partial charge is 0.134 e. The van der Waals surface area contributed by atoms with Crippen LogP contribution in [0.5, 0.6) is 5.75 Å². The average Bonchev–Trinajstić information content (AvgIpc) is 3.08. The molecule has 3 N–H and O–H groups in total. The van der Waals surface area contributed by atoms with Gasteiger partial charge in [0, 0.05) is 22.9 Å². The predicted molar refractivity (Wildman–Crippen MR) is 86.2 cm³/mol. The Bertz CT molecular complexity index is 794. The van der Waals surface area contributed by atoms with Crippen molar-refractivity contribution in [3.63, 3.8) is 0 Å². The number of hydrogen-bond acceptors (Lipinski definition) is 5. The Labute approximate surface area is 127 Å². The summed E-state index contributed by atoms with van der Waals surface area (Å²) in [4.78, 5) is 4.38. The third-order valence-electron chi connectivity index (χ3n) is 3.40. The molecule has 5 nitrogen and oxygen atoms in total. The minimum Gasteiger partial charge on any atom is -0.497 e. The summed E-state index contributed by atoms with van der Waals surface area (Å²) in [6, 6.07) is 13.1. The first kappa shape index (κ1) is 13.9. The number of methoxy groups -OCH3 is 1. The van der Waals surface area contributed by atoms with Gasteiger partial charge in [-0.25, -0.2) is 4.98 Å². The summed E-state index contributed by atoms with van der Waals surface area (Å²) in [5, 5.41) is 7.55. The standard InChI is InChI=1S/C17H15N3O2/c1-21-12-6-4-11(5-7-12)15-9-13(16-3-2-8-22-16)14(10-18)17(19)20-15/h2-10,18H,1H3,(H2,19,20). The van der Waals surface area contributed by atoms with E-state index in [4.69, 9.17) is 20.3 Å². The third kappa shape index (κ3) is 2.44. The monoisotopic (exact) mass is 293 g/mol. The second kappa shape index (κ2) is 5.73. The van der Waals surface area contributed by atoms with Crippen LogP contribution >= 0.6 is 0 Å². The van der Waals surface area contributed by atoms with E-state index < -0.39 is 0 Å². The highest BCUT2D eigenvalue weighted by Gasteiger charge is 2.13. The van der Waals surface area contributed by atoms with Gasteiger partial charge in [-0.2, -0.15) is 0 Å². The molecule has 1 aromatic carbocycles. The SMILES string of the molecule is COc1ccc(-c2cc(-c3ccco3)c(C=N)c(N)n2)cc1. The molecule has 3 aromatic rings. The van der Waals surface area contributed by atoms with Crippen molar-refractivity contribution in [1.82, 2.24) is 4.98 Å². The van der Waals surface area contributed by atoms with Gasteiger partial charge < -0.3 is 20.3 Å². The van der Waals surface area contributed by atoms with E-state index in [2.05, 4.69) is 4.98 Å². The molecule has 0 unspecified atom stereocenters. The number of nitrogens with one attached hydrogen (secondary N) is 1. The van der Waals surface area contributed by atoms with Crippen LogP contribution in [0.2, 0.25) is 0 Å². The number of anilines is 1. The molecule has 0 aliphatic heterocycles. The lowest BCUT2D eigenvalue weighted by Crippen LogP contribution is -2.01. The molecule has 22 heavy (non-hydrogen) atoms. The van der Waals surface area contributed by atoms with Crippen LogP contribution in [0.3, 0.4) is 0 Å². The summed E-state index contributed by atoms with van der Waals surface area (Å²) in [7, 11) is 1.62. The van der Waals surface area contributed by atoms with Gasteiger partial charge in [0.05, 0.1) is 19.1 Å². The highest BCUT2D eigenvalue weighted by molar-refractivity contribution is 5.94. The molecule has 0 radical (unpaired) electrons. The van der Waals surface area contributed by atoms with Crippen molar-refractivity contribution in [1.29, 1.82) is 5.41 Å². The molecule has 2 aromatic heterocycles. The first-order valence-corrected chi connectivity index (χ1v) is 6.72. The summed E-state index contributed by atoms with van der Waals surface area (Å²) in [5.74, 6) is 1.73. The number of aromatic nitrogens is 1. The highest BCUT2D eigenvalue weighted by Crippen LogP contribution is 2.31. The van der Waals surface area contributed by atoms with Crippen molar-refractivity contribution < 1.29 is 9.15 Å². The van der Waals surface area contributed by atoms with Crippen LogP contribution in [-0.4, -0.2) is 18.3 Å². The van der Waals surface area contributed by atoms with Gasteiger partial charge in [0.2, 0.25) is 0 Å². The molecular formula is C17H15N3O2. The molecule has 0 aliphatic rings. The van der Waals surface area contributed by atoms with E-state index >= 15 is 0 Å². The maximum Gasteiger partial charge on any atom is 0.134 e. The van der Waals surface area contributed by atoms with Crippen LogP contribution < -0.4 is 10.5 Å². The van der Waals surface area contributed by atoms with Gasteiger partial charge >= 0.3 is 0 Å². The third-order valence-corrected chi connectivity index (χ3v) is 3.40. The van der Waals surface area contributed by atoms with Gasteiger partial charge in [-0.3, -0.25) is 0 Å². The Hall–Kier alpha value is -3.08. The molecule has 5 heteroatoms. The summed E-state index contributed by atoms with van der Waals surface area (Å²) in [6.07, 6.45) is 2.78. The van der Waals surface area contributed by atoms with Gasteiger partial charge in [0.25, 0.3) is 0 Å². The Balaban J connectivity index is 2.14. The Morgan fingerprint density at radius 1 is 1.23 bits per heavy atom. The summed E-state index contributed by atoms with van der Waals surface area (Å²) < 4.78 is 10.6. The number of nitrogens with two attached hydrogens (primary N) is 1. The summed E-state index contributed by atoms with van der Waals surface area (Å²) >= 11 is 0. The lowest BCUT2D eigenvalue weighted by molar-refractivity contribution is 0.415. The first-order chi connectivity index (χ1) is 10.7. The second-order valence-electron chi connectivity index (χ2n) is 4.70. The molecule has 0 atom stereocenters. The molecule has 0 bridgehead atoms. The van der Waals surface area contributed by atoms with Crippen molar-refractivity contribution >= 4 is 12.0 Å². The van der Waals surface area contributed by atoms with E-state index in [9.17, 15) is 0 Å². The zero-order valence-electron chi connectivity index (χ0n) is 12.0. The number of ether oxygens (including phenoxy) is 1. The fourth-order valence-electron chi connectivity index (χ4n) is 2.27. The minimum atomic E-state index is 0.301. The van der Waals surface area contributed by atoms with Crippen LogP contribution in [0.1, 0.15) is 5.56 Å². The van der Waals surface area contributed by atoms with Gasteiger partial charge in [0.15, 0.2) is 0 Å². The Morgan fingerprint density at radius 2 is 2.00 bits per heavy atom. The molecule has 0 saturated heterocycles. The van der Waals surface area contributed by atoms with Crippen LogP contribution in [0.4, 0.5) is 5.82 Å². The van der Waals surface area contributed by atoms with Gasteiger partial charge in [-0.15, -0.1) is 0 Å².